The highest BCUT2D eigenvalue weighted by Gasteiger charge is 2.39. The standard InChI is InChI=1S/C13H24N2O3/c1-3-18-10-4-7-15-12(16)13(11-17-2)5-8-14-9-6-13/h3,14H,1,4-11H2,2H3,(H,15,16). The van der Waals surface area contributed by atoms with Gasteiger partial charge in [0.05, 0.1) is 24.9 Å². The van der Waals surface area contributed by atoms with E-state index < -0.39 is 0 Å². The Kier molecular flexibility index (Phi) is 6.75. The minimum atomic E-state index is -0.362. The number of carbonyl (C=O) groups excluding carboxylic acids is 1. The van der Waals surface area contributed by atoms with Crippen molar-refractivity contribution in [2.45, 2.75) is 19.3 Å². The maximum Gasteiger partial charge on any atom is 0.228 e. The first kappa shape index (κ1) is 15.0. The molecular formula is C13H24N2O3. The molecule has 0 spiro atoms. The maximum absolute atomic E-state index is 12.3. The lowest BCUT2D eigenvalue weighted by Gasteiger charge is -2.35. The molecule has 2 N–H and O–H groups in total. The zero-order chi connectivity index (χ0) is 13.3. The summed E-state index contributed by atoms with van der Waals surface area (Å²) in [6, 6.07) is 0. The topological polar surface area (TPSA) is 59.6 Å². The number of hydrogen-bond donors (Lipinski definition) is 2. The van der Waals surface area contributed by atoms with Gasteiger partial charge in [0.2, 0.25) is 5.91 Å². The van der Waals surface area contributed by atoms with Crippen LogP contribution in [-0.4, -0.2) is 45.9 Å². The van der Waals surface area contributed by atoms with Crippen molar-refractivity contribution in [1.82, 2.24) is 10.6 Å². The quantitative estimate of drug-likeness (QED) is 0.495. The van der Waals surface area contributed by atoms with Crippen molar-refractivity contribution in [3.8, 4) is 0 Å². The molecule has 1 rings (SSSR count). The Morgan fingerprint density at radius 3 is 2.83 bits per heavy atom. The molecule has 0 radical (unpaired) electrons. The molecule has 1 fully saturated rings. The van der Waals surface area contributed by atoms with E-state index in [0.29, 0.717) is 19.8 Å². The Balaban J connectivity index is 2.37. The lowest BCUT2D eigenvalue weighted by atomic mass is 9.78. The molecule has 5 heteroatoms. The summed E-state index contributed by atoms with van der Waals surface area (Å²) in [5.74, 6) is 0.101. The van der Waals surface area contributed by atoms with Crippen LogP contribution < -0.4 is 10.6 Å². The molecule has 0 aliphatic carbocycles. The van der Waals surface area contributed by atoms with Crippen LogP contribution in [0.25, 0.3) is 0 Å². The Labute approximate surface area is 109 Å². The number of amides is 1. The third kappa shape index (κ3) is 4.31. The van der Waals surface area contributed by atoms with Gasteiger partial charge in [-0.1, -0.05) is 6.58 Å². The number of carbonyl (C=O) groups is 1. The second-order valence-corrected chi connectivity index (χ2v) is 4.61. The van der Waals surface area contributed by atoms with Crippen LogP contribution in [0.1, 0.15) is 19.3 Å². The van der Waals surface area contributed by atoms with Gasteiger partial charge in [0, 0.05) is 13.7 Å². The van der Waals surface area contributed by atoms with Crippen molar-refractivity contribution in [3.05, 3.63) is 12.8 Å². The Bertz CT molecular complexity index is 257. The van der Waals surface area contributed by atoms with Gasteiger partial charge in [0.25, 0.3) is 0 Å². The summed E-state index contributed by atoms with van der Waals surface area (Å²) in [7, 11) is 1.65. The molecule has 104 valence electrons. The van der Waals surface area contributed by atoms with Gasteiger partial charge in [-0.2, -0.15) is 0 Å². The molecule has 5 nitrogen and oxygen atoms in total. The van der Waals surface area contributed by atoms with E-state index in [1.54, 1.807) is 7.11 Å². The van der Waals surface area contributed by atoms with Crippen LogP contribution in [0.5, 0.6) is 0 Å². The molecule has 0 unspecified atom stereocenters. The number of rotatable bonds is 8. The molecule has 1 amide bonds. The Morgan fingerprint density at radius 2 is 2.22 bits per heavy atom. The first-order chi connectivity index (χ1) is 8.75. The average Bonchev–Trinajstić information content (AvgIpc) is 2.39. The Hall–Kier alpha value is -1.07. The molecule has 1 aliphatic rings. The molecule has 1 aliphatic heterocycles. The van der Waals surface area contributed by atoms with Gasteiger partial charge < -0.3 is 20.1 Å². The van der Waals surface area contributed by atoms with Gasteiger partial charge in [-0.25, -0.2) is 0 Å². The van der Waals surface area contributed by atoms with Crippen molar-refractivity contribution < 1.29 is 14.3 Å². The molecule has 1 heterocycles. The highest BCUT2D eigenvalue weighted by molar-refractivity contribution is 5.82. The first-order valence-electron chi connectivity index (χ1n) is 6.45. The summed E-state index contributed by atoms with van der Waals surface area (Å²) in [6.07, 6.45) is 3.87. The van der Waals surface area contributed by atoms with Crippen LogP contribution >= 0.6 is 0 Å². The van der Waals surface area contributed by atoms with E-state index in [1.807, 2.05) is 0 Å². The van der Waals surface area contributed by atoms with Gasteiger partial charge in [0.15, 0.2) is 0 Å². The van der Waals surface area contributed by atoms with E-state index in [2.05, 4.69) is 17.2 Å². The number of nitrogens with one attached hydrogen (secondary N) is 2. The number of piperidine rings is 1. The van der Waals surface area contributed by atoms with Gasteiger partial charge in [-0.15, -0.1) is 0 Å². The molecule has 0 saturated carbocycles. The van der Waals surface area contributed by atoms with E-state index in [0.717, 1.165) is 32.4 Å². The van der Waals surface area contributed by atoms with Crippen LogP contribution in [0.4, 0.5) is 0 Å². The van der Waals surface area contributed by atoms with E-state index in [-0.39, 0.29) is 11.3 Å². The number of ether oxygens (including phenoxy) is 2. The molecule has 1 saturated heterocycles. The van der Waals surface area contributed by atoms with Crippen LogP contribution in [0.15, 0.2) is 12.8 Å². The van der Waals surface area contributed by atoms with Crippen molar-refractivity contribution in [1.29, 1.82) is 0 Å². The third-order valence-electron chi connectivity index (χ3n) is 3.31. The largest absolute Gasteiger partial charge is 0.502 e. The summed E-state index contributed by atoms with van der Waals surface area (Å²) in [4.78, 5) is 12.3. The van der Waals surface area contributed by atoms with Crippen LogP contribution in [-0.2, 0) is 14.3 Å². The highest BCUT2D eigenvalue weighted by atomic mass is 16.5. The minimum absolute atomic E-state index is 0.101. The van der Waals surface area contributed by atoms with Crippen molar-refractivity contribution in [2.24, 2.45) is 5.41 Å². The minimum Gasteiger partial charge on any atom is -0.502 e. The van der Waals surface area contributed by atoms with Crippen LogP contribution in [0, 0.1) is 5.41 Å². The highest BCUT2D eigenvalue weighted by Crippen LogP contribution is 2.29. The van der Waals surface area contributed by atoms with E-state index in [9.17, 15) is 4.79 Å². The van der Waals surface area contributed by atoms with Crippen LogP contribution in [0.2, 0.25) is 0 Å². The van der Waals surface area contributed by atoms with E-state index >= 15 is 0 Å². The Morgan fingerprint density at radius 1 is 1.50 bits per heavy atom. The van der Waals surface area contributed by atoms with E-state index in [1.165, 1.54) is 6.26 Å². The van der Waals surface area contributed by atoms with Gasteiger partial charge in [-0.05, 0) is 32.4 Å². The second kappa shape index (κ2) is 8.11. The maximum atomic E-state index is 12.3. The van der Waals surface area contributed by atoms with Crippen molar-refractivity contribution >= 4 is 5.91 Å². The average molecular weight is 256 g/mol. The van der Waals surface area contributed by atoms with Crippen molar-refractivity contribution in [3.63, 3.8) is 0 Å². The summed E-state index contributed by atoms with van der Waals surface area (Å²) in [6.45, 7) is 6.92. The summed E-state index contributed by atoms with van der Waals surface area (Å²) in [5, 5.41) is 6.25. The van der Waals surface area contributed by atoms with Gasteiger partial charge in [0.1, 0.15) is 0 Å². The molecular weight excluding hydrogens is 232 g/mol. The fraction of sp³-hybridized carbons (Fsp3) is 0.769. The summed E-state index contributed by atoms with van der Waals surface area (Å²) < 4.78 is 10.2. The van der Waals surface area contributed by atoms with Gasteiger partial charge >= 0.3 is 0 Å². The monoisotopic (exact) mass is 256 g/mol. The lowest BCUT2D eigenvalue weighted by Crippen LogP contribution is -2.50. The molecule has 0 atom stereocenters. The molecule has 0 aromatic heterocycles. The zero-order valence-electron chi connectivity index (χ0n) is 11.2. The van der Waals surface area contributed by atoms with Crippen LogP contribution in [0.3, 0.4) is 0 Å². The summed E-state index contributed by atoms with van der Waals surface area (Å²) >= 11 is 0. The smallest absolute Gasteiger partial charge is 0.228 e. The third-order valence-corrected chi connectivity index (χ3v) is 3.31. The van der Waals surface area contributed by atoms with Gasteiger partial charge in [-0.3, -0.25) is 4.79 Å². The van der Waals surface area contributed by atoms with Crippen molar-refractivity contribution in [2.75, 3.05) is 40.0 Å². The molecule has 0 aromatic rings. The predicted octanol–water partition coefficient (Wildman–Crippen LogP) is 0.669. The second-order valence-electron chi connectivity index (χ2n) is 4.61. The number of methoxy groups -OCH3 is 1. The first-order valence-corrected chi connectivity index (χ1v) is 6.45. The van der Waals surface area contributed by atoms with E-state index in [4.69, 9.17) is 9.47 Å². The fourth-order valence-electron chi connectivity index (χ4n) is 2.25. The fourth-order valence-corrected chi connectivity index (χ4v) is 2.25. The normalized spacial score (nSPS) is 18.1. The zero-order valence-corrected chi connectivity index (χ0v) is 11.2. The number of hydrogen-bond acceptors (Lipinski definition) is 4. The lowest BCUT2D eigenvalue weighted by molar-refractivity contribution is -0.136. The molecule has 0 aromatic carbocycles. The molecule has 0 bridgehead atoms. The predicted molar refractivity (Wildman–Crippen MR) is 70.2 cm³/mol. The SMILES string of the molecule is C=COCCCNC(=O)C1(COC)CCNCC1. The molecule has 18 heavy (non-hydrogen) atoms. The summed E-state index contributed by atoms with van der Waals surface area (Å²) in [5.41, 5.74) is -0.362.